The van der Waals surface area contributed by atoms with Crippen molar-refractivity contribution in [2.24, 2.45) is 0 Å². The third-order valence-corrected chi connectivity index (χ3v) is 3.09. The molecule has 1 heterocycles. The molecule has 2 N–H and O–H groups in total. The van der Waals surface area contributed by atoms with Crippen LogP contribution in [0.3, 0.4) is 0 Å². The maximum atomic E-state index is 11.7. The molecular formula is C12H21N3O. The summed E-state index contributed by atoms with van der Waals surface area (Å²) < 4.78 is 0. The predicted octanol–water partition coefficient (Wildman–Crippen LogP) is 1.35. The molecule has 0 amide bonds. The second kappa shape index (κ2) is 5.80. The summed E-state index contributed by atoms with van der Waals surface area (Å²) in [6.07, 6.45) is 1.79. The van der Waals surface area contributed by atoms with Crippen molar-refractivity contribution in [2.45, 2.75) is 39.5 Å². The minimum Gasteiger partial charge on any atom is -0.319 e. The zero-order valence-corrected chi connectivity index (χ0v) is 10.6. The van der Waals surface area contributed by atoms with E-state index in [2.05, 4.69) is 29.4 Å². The second-order valence-electron chi connectivity index (χ2n) is 4.20. The Bertz CT molecular complexity index is 398. The van der Waals surface area contributed by atoms with E-state index in [0.717, 1.165) is 36.2 Å². The van der Waals surface area contributed by atoms with E-state index in [-0.39, 0.29) is 5.56 Å². The van der Waals surface area contributed by atoms with Gasteiger partial charge in [-0.15, -0.1) is 0 Å². The van der Waals surface area contributed by atoms with Crippen molar-refractivity contribution in [3.8, 4) is 0 Å². The fraction of sp³-hybridized carbons (Fsp3) is 0.667. The molecule has 0 saturated heterocycles. The lowest BCUT2D eigenvalue weighted by Crippen LogP contribution is -2.23. The number of aromatic nitrogens is 2. The molecule has 0 aliphatic carbocycles. The Kier molecular flexibility index (Phi) is 4.68. The SMILES string of the molecule is CCC(C)c1n[nH]c(=O)c(CCNC)c1C. The van der Waals surface area contributed by atoms with Gasteiger partial charge in [-0.05, 0) is 38.9 Å². The maximum Gasteiger partial charge on any atom is 0.267 e. The summed E-state index contributed by atoms with van der Waals surface area (Å²) in [6.45, 7) is 7.07. The van der Waals surface area contributed by atoms with Crippen LogP contribution in [0.15, 0.2) is 4.79 Å². The lowest BCUT2D eigenvalue weighted by molar-refractivity contribution is 0.670. The topological polar surface area (TPSA) is 57.8 Å². The molecule has 0 fully saturated rings. The van der Waals surface area contributed by atoms with Crippen molar-refractivity contribution in [3.05, 3.63) is 27.2 Å². The average molecular weight is 223 g/mol. The lowest BCUT2D eigenvalue weighted by atomic mass is 9.97. The Morgan fingerprint density at radius 2 is 2.19 bits per heavy atom. The number of hydrogen-bond donors (Lipinski definition) is 2. The van der Waals surface area contributed by atoms with E-state index < -0.39 is 0 Å². The van der Waals surface area contributed by atoms with Crippen molar-refractivity contribution in [1.82, 2.24) is 15.5 Å². The number of rotatable bonds is 5. The first-order valence-corrected chi connectivity index (χ1v) is 5.84. The van der Waals surface area contributed by atoms with E-state index in [9.17, 15) is 4.79 Å². The van der Waals surface area contributed by atoms with Crippen molar-refractivity contribution in [1.29, 1.82) is 0 Å². The van der Waals surface area contributed by atoms with Crippen LogP contribution >= 0.6 is 0 Å². The minimum absolute atomic E-state index is 0.0557. The standard InChI is InChI=1S/C12H21N3O/c1-5-8(2)11-9(3)10(6-7-13-4)12(16)15-14-11/h8,13H,5-7H2,1-4H3,(H,15,16). The zero-order valence-electron chi connectivity index (χ0n) is 10.6. The highest BCUT2D eigenvalue weighted by atomic mass is 16.1. The summed E-state index contributed by atoms with van der Waals surface area (Å²) in [5.41, 5.74) is 2.88. The normalized spacial score (nSPS) is 12.8. The van der Waals surface area contributed by atoms with E-state index in [1.54, 1.807) is 0 Å². The van der Waals surface area contributed by atoms with Crippen LogP contribution in [0.2, 0.25) is 0 Å². The number of likely N-dealkylation sites (N-methyl/N-ethyl adjacent to an activating group) is 1. The second-order valence-corrected chi connectivity index (χ2v) is 4.20. The number of nitrogens with one attached hydrogen (secondary N) is 2. The van der Waals surface area contributed by atoms with Crippen LogP contribution in [-0.4, -0.2) is 23.8 Å². The fourth-order valence-electron chi connectivity index (χ4n) is 1.81. The van der Waals surface area contributed by atoms with Gasteiger partial charge in [-0.25, -0.2) is 5.10 Å². The molecule has 0 aliphatic heterocycles. The van der Waals surface area contributed by atoms with E-state index in [1.807, 2.05) is 14.0 Å². The van der Waals surface area contributed by atoms with Crippen molar-refractivity contribution in [3.63, 3.8) is 0 Å². The minimum atomic E-state index is -0.0557. The van der Waals surface area contributed by atoms with E-state index in [0.29, 0.717) is 5.92 Å². The molecule has 1 aromatic rings. The van der Waals surface area contributed by atoms with Gasteiger partial charge in [0, 0.05) is 11.5 Å². The third-order valence-electron chi connectivity index (χ3n) is 3.09. The van der Waals surface area contributed by atoms with Gasteiger partial charge in [0.2, 0.25) is 0 Å². The van der Waals surface area contributed by atoms with Gasteiger partial charge in [0.25, 0.3) is 5.56 Å². The highest BCUT2D eigenvalue weighted by Crippen LogP contribution is 2.20. The summed E-state index contributed by atoms with van der Waals surface area (Å²) in [4.78, 5) is 11.7. The molecule has 0 spiro atoms. The molecule has 90 valence electrons. The van der Waals surface area contributed by atoms with Gasteiger partial charge in [0.05, 0.1) is 5.69 Å². The van der Waals surface area contributed by atoms with Gasteiger partial charge in [-0.2, -0.15) is 5.10 Å². The molecule has 0 aliphatic rings. The smallest absolute Gasteiger partial charge is 0.267 e. The van der Waals surface area contributed by atoms with Crippen LogP contribution in [0.1, 0.15) is 43.0 Å². The van der Waals surface area contributed by atoms with Crippen LogP contribution in [0.4, 0.5) is 0 Å². The number of H-pyrrole nitrogens is 1. The Hall–Kier alpha value is -1.16. The Labute approximate surface area is 96.5 Å². The highest BCUT2D eigenvalue weighted by Gasteiger charge is 2.13. The zero-order chi connectivity index (χ0) is 12.1. The first-order valence-electron chi connectivity index (χ1n) is 5.84. The molecule has 0 radical (unpaired) electrons. The Morgan fingerprint density at radius 1 is 1.50 bits per heavy atom. The van der Waals surface area contributed by atoms with Crippen LogP contribution < -0.4 is 10.9 Å². The monoisotopic (exact) mass is 223 g/mol. The molecule has 16 heavy (non-hydrogen) atoms. The fourth-order valence-corrected chi connectivity index (χ4v) is 1.81. The largest absolute Gasteiger partial charge is 0.319 e. The molecule has 0 saturated carbocycles. The summed E-state index contributed by atoms with van der Waals surface area (Å²) in [6, 6.07) is 0. The van der Waals surface area contributed by atoms with Gasteiger partial charge in [0.15, 0.2) is 0 Å². The molecule has 4 nitrogen and oxygen atoms in total. The molecule has 0 bridgehead atoms. The molecule has 1 rings (SSSR count). The summed E-state index contributed by atoms with van der Waals surface area (Å²) >= 11 is 0. The van der Waals surface area contributed by atoms with Crippen LogP contribution in [0, 0.1) is 6.92 Å². The molecule has 1 unspecified atom stereocenters. The third kappa shape index (κ3) is 2.70. The molecule has 4 heteroatoms. The van der Waals surface area contributed by atoms with Gasteiger partial charge in [0.1, 0.15) is 0 Å². The number of hydrogen-bond acceptors (Lipinski definition) is 3. The molecule has 1 aromatic heterocycles. The number of nitrogens with zero attached hydrogens (tertiary/aromatic N) is 1. The van der Waals surface area contributed by atoms with Crippen LogP contribution in [0.25, 0.3) is 0 Å². The van der Waals surface area contributed by atoms with Crippen molar-refractivity contribution in [2.75, 3.05) is 13.6 Å². The van der Waals surface area contributed by atoms with Gasteiger partial charge in [-0.3, -0.25) is 4.79 Å². The lowest BCUT2D eigenvalue weighted by Gasteiger charge is -2.13. The van der Waals surface area contributed by atoms with E-state index in [1.165, 1.54) is 0 Å². The summed E-state index contributed by atoms with van der Waals surface area (Å²) in [5.74, 6) is 0.394. The van der Waals surface area contributed by atoms with Gasteiger partial charge >= 0.3 is 0 Å². The Morgan fingerprint density at radius 3 is 2.75 bits per heavy atom. The predicted molar refractivity (Wildman–Crippen MR) is 65.9 cm³/mol. The van der Waals surface area contributed by atoms with Gasteiger partial charge < -0.3 is 5.32 Å². The molecule has 0 aromatic carbocycles. The quantitative estimate of drug-likeness (QED) is 0.792. The average Bonchev–Trinajstić information content (AvgIpc) is 2.28. The maximum absolute atomic E-state index is 11.7. The van der Waals surface area contributed by atoms with Crippen LogP contribution in [-0.2, 0) is 6.42 Å². The van der Waals surface area contributed by atoms with Crippen molar-refractivity contribution < 1.29 is 0 Å². The molecule has 1 atom stereocenters. The van der Waals surface area contributed by atoms with E-state index >= 15 is 0 Å². The van der Waals surface area contributed by atoms with Gasteiger partial charge in [-0.1, -0.05) is 13.8 Å². The van der Waals surface area contributed by atoms with Crippen LogP contribution in [0.5, 0.6) is 0 Å². The summed E-state index contributed by atoms with van der Waals surface area (Å²) in [7, 11) is 1.89. The summed E-state index contributed by atoms with van der Waals surface area (Å²) in [5, 5.41) is 9.82. The Balaban J connectivity index is 3.11. The highest BCUT2D eigenvalue weighted by molar-refractivity contribution is 5.28. The molecular weight excluding hydrogens is 202 g/mol. The van der Waals surface area contributed by atoms with Crippen molar-refractivity contribution >= 4 is 0 Å². The number of aromatic amines is 1. The first kappa shape index (κ1) is 12.9. The first-order chi connectivity index (χ1) is 7.61. The van der Waals surface area contributed by atoms with E-state index in [4.69, 9.17) is 0 Å².